The Kier molecular flexibility index (Phi) is 5.84. The molecule has 1 aliphatic carbocycles. The van der Waals surface area contributed by atoms with Gasteiger partial charge in [0.1, 0.15) is 0 Å². The predicted molar refractivity (Wildman–Crippen MR) is 95.5 cm³/mol. The largest absolute Gasteiger partial charge is 0.466 e. The van der Waals surface area contributed by atoms with Crippen molar-refractivity contribution in [2.45, 2.75) is 76.8 Å². The van der Waals surface area contributed by atoms with Crippen LogP contribution in [-0.2, 0) is 9.53 Å². The number of hydrogen-bond donors (Lipinski definition) is 1. The molecule has 1 aliphatic heterocycles. The lowest BCUT2D eigenvalue weighted by atomic mass is 9.79. The molecule has 2 heterocycles. The van der Waals surface area contributed by atoms with Crippen LogP contribution < -0.4 is 5.32 Å². The van der Waals surface area contributed by atoms with Crippen LogP contribution in [0.4, 0.5) is 4.79 Å². The van der Waals surface area contributed by atoms with Gasteiger partial charge >= 0.3 is 12.0 Å². The van der Waals surface area contributed by atoms with Gasteiger partial charge in [-0.1, -0.05) is 24.4 Å². The van der Waals surface area contributed by atoms with Gasteiger partial charge in [-0.25, -0.2) is 4.79 Å². The summed E-state index contributed by atoms with van der Waals surface area (Å²) in [7, 11) is 0. The Bertz CT molecular complexity index is 636. The van der Waals surface area contributed by atoms with Crippen molar-refractivity contribution in [1.29, 1.82) is 0 Å². The van der Waals surface area contributed by atoms with Gasteiger partial charge in [0.05, 0.1) is 30.3 Å². The highest BCUT2D eigenvalue weighted by Gasteiger charge is 2.40. The van der Waals surface area contributed by atoms with E-state index in [-0.39, 0.29) is 24.5 Å². The first kappa shape index (κ1) is 18.7. The molecule has 0 aromatic carbocycles. The second-order valence-electron chi connectivity index (χ2n) is 7.48. The van der Waals surface area contributed by atoms with E-state index in [4.69, 9.17) is 9.26 Å². The molecule has 1 aromatic heterocycles. The van der Waals surface area contributed by atoms with Gasteiger partial charge < -0.3 is 19.5 Å². The van der Waals surface area contributed by atoms with Crippen LogP contribution in [0.1, 0.15) is 75.8 Å². The Balaban J connectivity index is 1.71. The van der Waals surface area contributed by atoms with Crippen LogP contribution in [-0.4, -0.2) is 40.7 Å². The number of nitrogens with one attached hydrogen (secondary N) is 1. The number of nitrogens with zero attached hydrogens (tertiary/aromatic N) is 2. The van der Waals surface area contributed by atoms with Crippen molar-refractivity contribution in [2.75, 3.05) is 13.2 Å². The van der Waals surface area contributed by atoms with Crippen LogP contribution >= 0.6 is 0 Å². The third-order valence-electron chi connectivity index (χ3n) is 5.46. The first-order chi connectivity index (χ1) is 12.5. The topological polar surface area (TPSA) is 84.7 Å². The van der Waals surface area contributed by atoms with E-state index < -0.39 is 5.54 Å². The van der Waals surface area contributed by atoms with Crippen molar-refractivity contribution in [3.63, 3.8) is 0 Å². The molecule has 3 rings (SSSR count). The summed E-state index contributed by atoms with van der Waals surface area (Å²) in [4.78, 5) is 27.0. The van der Waals surface area contributed by atoms with Gasteiger partial charge in [-0.15, -0.1) is 0 Å². The van der Waals surface area contributed by atoms with Crippen molar-refractivity contribution >= 4 is 12.0 Å². The standard InChI is InChI=1S/C19H29N3O4/c1-3-25-17(23)13-19(9-5-4-6-10-19)20-18(24)22-11-7-8-15(22)16-12-14(2)21-26-16/h12,15H,3-11,13H2,1-2H3,(H,20,24). The van der Waals surface area contributed by atoms with E-state index in [0.29, 0.717) is 13.2 Å². The second-order valence-corrected chi connectivity index (χ2v) is 7.48. The van der Waals surface area contributed by atoms with Crippen molar-refractivity contribution in [3.05, 3.63) is 17.5 Å². The molecule has 7 nitrogen and oxygen atoms in total. The highest BCUT2D eigenvalue weighted by atomic mass is 16.5. The molecule has 1 N–H and O–H groups in total. The fourth-order valence-electron chi connectivity index (χ4n) is 4.21. The van der Waals surface area contributed by atoms with E-state index in [2.05, 4.69) is 10.5 Å². The normalized spacial score (nSPS) is 22.2. The minimum absolute atomic E-state index is 0.0839. The van der Waals surface area contributed by atoms with Crippen molar-refractivity contribution in [2.24, 2.45) is 0 Å². The molecule has 7 heteroatoms. The van der Waals surface area contributed by atoms with Crippen LogP contribution in [0.5, 0.6) is 0 Å². The van der Waals surface area contributed by atoms with E-state index in [0.717, 1.165) is 56.4 Å². The van der Waals surface area contributed by atoms with Gasteiger partial charge in [-0.3, -0.25) is 4.79 Å². The highest BCUT2D eigenvalue weighted by Crippen LogP contribution is 2.35. The Morgan fingerprint density at radius 3 is 2.77 bits per heavy atom. The SMILES string of the molecule is CCOC(=O)CC1(NC(=O)N2CCCC2c2cc(C)no2)CCCCC1. The van der Waals surface area contributed by atoms with E-state index in [1.54, 1.807) is 6.92 Å². The Morgan fingerprint density at radius 1 is 1.35 bits per heavy atom. The lowest BCUT2D eigenvalue weighted by Crippen LogP contribution is -2.55. The molecule has 0 spiro atoms. The maximum atomic E-state index is 13.0. The third kappa shape index (κ3) is 4.19. The monoisotopic (exact) mass is 363 g/mol. The zero-order valence-corrected chi connectivity index (χ0v) is 15.8. The number of carbonyl (C=O) groups is 2. The lowest BCUT2D eigenvalue weighted by Gasteiger charge is -2.39. The number of hydrogen-bond acceptors (Lipinski definition) is 5. The molecule has 2 fully saturated rings. The van der Waals surface area contributed by atoms with E-state index in [1.807, 2.05) is 17.9 Å². The summed E-state index contributed by atoms with van der Waals surface area (Å²) in [6.45, 7) is 4.73. The minimum atomic E-state index is -0.494. The summed E-state index contributed by atoms with van der Waals surface area (Å²) in [5, 5.41) is 7.14. The number of aromatic nitrogens is 1. The molecule has 1 aromatic rings. The number of likely N-dealkylation sites (tertiary alicyclic amines) is 1. The molecule has 1 saturated carbocycles. The minimum Gasteiger partial charge on any atom is -0.466 e. The van der Waals surface area contributed by atoms with Crippen LogP contribution in [0.3, 0.4) is 0 Å². The number of aryl methyl sites for hydroxylation is 1. The molecule has 0 bridgehead atoms. The van der Waals surface area contributed by atoms with Gasteiger partial charge in [-0.2, -0.15) is 0 Å². The number of esters is 1. The molecule has 26 heavy (non-hydrogen) atoms. The smallest absolute Gasteiger partial charge is 0.318 e. The van der Waals surface area contributed by atoms with Gasteiger partial charge in [0.15, 0.2) is 5.76 Å². The van der Waals surface area contributed by atoms with E-state index in [1.165, 1.54) is 0 Å². The van der Waals surface area contributed by atoms with Crippen LogP contribution in [0.2, 0.25) is 0 Å². The Hall–Kier alpha value is -2.05. The van der Waals surface area contributed by atoms with Crippen LogP contribution in [0, 0.1) is 6.92 Å². The first-order valence-corrected chi connectivity index (χ1v) is 9.70. The molecule has 1 unspecified atom stereocenters. The highest BCUT2D eigenvalue weighted by molar-refractivity contribution is 5.78. The van der Waals surface area contributed by atoms with E-state index >= 15 is 0 Å². The quantitative estimate of drug-likeness (QED) is 0.810. The first-order valence-electron chi connectivity index (χ1n) is 9.70. The maximum absolute atomic E-state index is 13.0. The zero-order chi connectivity index (χ0) is 18.6. The fourth-order valence-corrected chi connectivity index (χ4v) is 4.21. The number of carbonyl (C=O) groups excluding carboxylic acids is 2. The lowest BCUT2D eigenvalue weighted by molar-refractivity contribution is -0.145. The fraction of sp³-hybridized carbons (Fsp3) is 0.737. The Labute approximate surface area is 154 Å². The average molecular weight is 363 g/mol. The molecule has 1 atom stereocenters. The number of ether oxygens (including phenoxy) is 1. The van der Waals surface area contributed by atoms with Gasteiger partial charge in [0, 0.05) is 12.6 Å². The zero-order valence-electron chi connectivity index (χ0n) is 15.8. The average Bonchev–Trinajstić information content (AvgIpc) is 3.24. The molecule has 2 aliphatic rings. The summed E-state index contributed by atoms with van der Waals surface area (Å²) in [6.07, 6.45) is 6.86. The Morgan fingerprint density at radius 2 is 2.12 bits per heavy atom. The van der Waals surface area contributed by atoms with Crippen LogP contribution in [0.15, 0.2) is 10.6 Å². The molecule has 0 radical (unpaired) electrons. The molecule has 144 valence electrons. The van der Waals surface area contributed by atoms with Crippen molar-refractivity contribution in [1.82, 2.24) is 15.4 Å². The van der Waals surface area contributed by atoms with Gasteiger partial charge in [-0.05, 0) is 39.5 Å². The summed E-state index contributed by atoms with van der Waals surface area (Å²) in [6, 6.07) is 1.69. The van der Waals surface area contributed by atoms with Gasteiger partial charge in [0.25, 0.3) is 0 Å². The summed E-state index contributed by atoms with van der Waals surface area (Å²) in [5.74, 6) is 0.497. The molecule has 1 saturated heterocycles. The number of rotatable bonds is 5. The van der Waals surface area contributed by atoms with E-state index in [9.17, 15) is 9.59 Å². The molecular formula is C19H29N3O4. The number of urea groups is 1. The summed E-state index contributed by atoms with van der Waals surface area (Å²) in [5.41, 5.74) is 0.324. The van der Waals surface area contributed by atoms with Crippen LogP contribution in [0.25, 0.3) is 0 Å². The maximum Gasteiger partial charge on any atom is 0.318 e. The van der Waals surface area contributed by atoms with Crippen molar-refractivity contribution < 1.29 is 18.8 Å². The second kappa shape index (κ2) is 8.10. The molecular weight excluding hydrogens is 334 g/mol. The molecule has 2 amide bonds. The summed E-state index contributed by atoms with van der Waals surface area (Å²) < 4.78 is 10.5. The number of amides is 2. The van der Waals surface area contributed by atoms with Gasteiger partial charge in [0.2, 0.25) is 0 Å². The third-order valence-corrected chi connectivity index (χ3v) is 5.46. The van der Waals surface area contributed by atoms with Crippen molar-refractivity contribution in [3.8, 4) is 0 Å². The predicted octanol–water partition coefficient (Wildman–Crippen LogP) is 3.49. The summed E-state index contributed by atoms with van der Waals surface area (Å²) >= 11 is 0.